The summed E-state index contributed by atoms with van der Waals surface area (Å²) in [5, 5.41) is 10.1. The van der Waals surface area contributed by atoms with E-state index in [2.05, 4.69) is 0 Å². The molecule has 17 heavy (non-hydrogen) atoms. The maximum Gasteiger partial charge on any atom is 0.149 e. The maximum absolute atomic E-state index is 11.5. The molecule has 0 aromatic heterocycles. The normalized spacial score (nSPS) is 16.9. The van der Waals surface area contributed by atoms with Gasteiger partial charge in [0.2, 0.25) is 0 Å². The standard InChI is InChI=1S/C14H25NO2/c1-10(2)8-7-9-11(3)14(17)13(12(4)16)15(5)6/h7-9,11,13-14,17H,1-6H3/b9-7-/t11-,13-,14-/m1/s1. The Labute approximate surface area is 105 Å². The zero-order valence-corrected chi connectivity index (χ0v) is 11.8. The van der Waals surface area contributed by atoms with Crippen LogP contribution in [0.2, 0.25) is 0 Å². The molecule has 0 radical (unpaired) electrons. The molecule has 1 N–H and O–H groups in total. The van der Waals surface area contributed by atoms with Crippen molar-refractivity contribution >= 4 is 5.78 Å². The minimum absolute atomic E-state index is 0.00929. The lowest BCUT2D eigenvalue weighted by atomic mass is 9.94. The number of Topliss-reactive ketones (excluding diaryl/α,β-unsaturated/α-hetero) is 1. The van der Waals surface area contributed by atoms with Crippen LogP contribution >= 0.6 is 0 Å². The van der Waals surface area contributed by atoms with E-state index >= 15 is 0 Å². The van der Waals surface area contributed by atoms with Gasteiger partial charge in [0.05, 0.1) is 12.1 Å². The van der Waals surface area contributed by atoms with Crippen molar-refractivity contribution < 1.29 is 9.90 Å². The van der Waals surface area contributed by atoms with Gasteiger partial charge in [0.15, 0.2) is 0 Å². The Kier molecular flexibility index (Phi) is 7.00. The van der Waals surface area contributed by atoms with Gasteiger partial charge in [-0.15, -0.1) is 0 Å². The maximum atomic E-state index is 11.5. The first kappa shape index (κ1) is 16.1. The number of allylic oxidation sites excluding steroid dienone is 3. The Morgan fingerprint density at radius 1 is 1.24 bits per heavy atom. The number of ketones is 1. The van der Waals surface area contributed by atoms with E-state index in [4.69, 9.17) is 0 Å². The number of carbonyl (C=O) groups excluding carboxylic acids is 1. The van der Waals surface area contributed by atoms with E-state index in [0.717, 1.165) is 0 Å². The van der Waals surface area contributed by atoms with E-state index in [1.807, 2.05) is 53.1 Å². The van der Waals surface area contributed by atoms with Gasteiger partial charge in [0.25, 0.3) is 0 Å². The smallest absolute Gasteiger partial charge is 0.149 e. The summed E-state index contributed by atoms with van der Waals surface area (Å²) in [6.45, 7) is 7.47. The lowest BCUT2D eigenvalue weighted by Gasteiger charge is -2.29. The fourth-order valence-corrected chi connectivity index (χ4v) is 1.73. The molecule has 3 heteroatoms. The molecule has 0 bridgehead atoms. The number of aliphatic hydroxyl groups is 1. The van der Waals surface area contributed by atoms with Crippen LogP contribution in [0.5, 0.6) is 0 Å². The first-order valence-electron chi connectivity index (χ1n) is 5.94. The number of rotatable bonds is 6. The van der Waals surface area contributed by atoms with E-state index in [0.29, 0.717) is 0 Å². The molecule has 0 rings (SSSR count). The van der Waals surface area contributed by atoms with Crippen LogP contribution in [0.4, 0.5) is 0 Å². The Morgan fingerprint density at radius 3 is 2.12 bits per heavy atom. The highest BCUT2D eigenvalue weighted by Gasteiger charge is 2.28. The molecule has 0 saturated carbocycles. The van der Waals surface area contributed by atoms with Crippen LogP contribution in [-0.2, 0) is 4.79 Å². The Hall–Kier alpha value is -0.930. The second kappa shape index (κ2) is 7.41. The van der Waals surface area contributed by atoms with Crippen molar-refractivity contribution in [1.29, 1.82) is 0 Å². The van der Waals surface area contributed by atoms with E-state index in [-0.39, 0.29) is 11.7 Å². The number of aliphatic hydroxyl groups excluding tert-OH is 1. The summed E-state index contributed by atoms with van der Waals surface area (Å²) in [5.74, 6) is -0.0631. The van der Waals surface area contributed by atoms with Gasteiger partial charge in [-0.1, -0.05) is 30.7 Å². The predicted molar refractivity (Wildman–Crippen MR) is 71.9 cm³/mol. The highest BCUT2D eigenvalue weighted by atomic mass is 16.3. The van der Waals surface area contributed by atoms with E-state index in [1.54, 1.807) is 4.90 Å². The molecule has 0 amide bonds. The summed E-state index contributed by atoms with van der Waals surface area (Å²) in [7, 11) is 3.61. The van der Waals surface area contributed by atoms with E-state index in [9.17, 15) is 9.90 Å². The molecular formula is C14H25NO2. The summed E-state index contributed by atoms with van der Waals surface area (Å²) in [5.41, 5.74) is 1.21. The molecule has 0 aliphatic carbocycles. The van der Waals surface area contributed by atoms with Crippen molar-refractivity contribution in [2.75, 3.05) is 14.1 Å². The molecule has 0 aromatic carbocycles. The van der Waals surface area contributed by atoms with Gasteiger partial charge < -0.3 is 5.11 Å². The monoisotopic (exact) mass is 239 g/mol. The third-order valence-corrected chi connectivity index (χ3v) is 2.68. The predicted octanol–water partition coefficient (Wildman–Crippen LogP) is 2.02. The van der Waals surface area contributed by atoms with Gasteiger partial charge >= 0.3 is 0 Å². The van der Waals surface area contributed by atoms with Crippen molar-refractivity contribution in [1.82, 2.24) is 4.90 Å². The molecule has 0 aromatic rings. The van der Waals surface area contributed by atoms with Gasteiger partial charge in [-0.3, -0.25) is 9.69 Å². The molecule has 98 valence electrons. The fraction of sp³-hybridized carbons (Fsp3) is 0.643. The van der Waals surface area contributed by atoms with Crippen LogP contribution in [0.3, 0.4) is 0 Å². The van der Waals surface area contributed by atoms with Gasteiger partial charge in [-0.25, -0.2) is 0 Å². The fourth-order valence-electron chi connectivity index (χ4n) is 1.73. The van der Waals surface area contributed by atoms with Gasteiger partial charge in [-0.2, -0.15) is 0 Å². The number of hydrogen-bond acceptors (Lipinski definition) is 3. The summed E-state index contributed by atoms with van der Waals surface area (Å²) in [6, 6.07) is -0.443. The number of nitrogens with zero attached hydrogens (tertiary/aromatic N) is 1. The average molecular weight is 239 g/mol. The van der Waals surface area contributed by atoms with Crippen LogP contribution in [0.15, 0.2) is 23.8 Å². The number of likely N-dealkylation sites (N-methyl/N-ethyl adjacent to an activating group) is 1. The number of hydrogen-bond donors (Lipinski definition) is 1. The first-order chi connectivity index (χ1) is 7.77. The zero-order chi connectivity index (χ0) is 13.6. The van der Waals surface area contributed by atoms with Crippen LogP contribution in [-0.4, -0.2) is 42.0 Å². The van der Waals surface area contributed by atoms with Gasteiger partial charge in [0, 0.05) is 5.92 Å². The molecule has 0 aliphatic rings. The highest BCUT2D eigenvalue weighted by molar-refractivity contribution is 5.82. The molecule has 0 unspecified atom stereocenters. The molecule has 0 aliphatic heterocycles. The summed E-state index contributed by atoms with van der Waals surface area (Å²) in [6.07, 6.45) is 5.17. The SMILES string of the molecule is CC(=O)[C@H]([C@H](O)[C@H](C)/C=C\C=C(C)C)N(C)C. The van der Waals surface area contributed by atoms with Crippen molar-refractivity contribution in [3.05, 3.63) is 23.8 Å². The largest absolute Gasteiger partial charge is 0.390 e. The average Bonchev–Trinajstić information content (AvgIpc) is 2.15. The van der Waals surface area contributed by atoms with Crippen molar-refractivity contribution in [3.63, 3.8) is 0 Å². The van der Waals surface area contributed by atoms with Crippen molar-refractivity contribution in [3.8, 4) is 0 Å². The lowest BCUT2D eigenvalue weighted by Crippen LogP contribution is -2.46. The molecule has 0 spiro atoms. The quantitative estimate of drug-likeness (QED) is 0.721. The summed E-state index contributed by atoms with van der Waals surface area (Å²) in [4.78, 5) is 13.2. The van der Waals surface area contributed by atoms with Crippen LogP contribution < -0.4 is 0 Å². The van der Waals surface area contributed by atoms with Crippen molar-refractivity contribution in [2.45, 2.75) is 39.8 Å². The third kappa shape index (κ3) is 5.80. The minimum Gasteiger partial charge on any atom is -0.390 e. The molecule has 0 saturated heterocycles. The molecule has 0 heterocycles. The molecular weight excluding hydrogens is 214 g/mol. The highest BCUT2D eigenvalue weighted by Crippen LogP contribution is 2.13. The van der Waals surface area contributed by atoms with E-state index in [1.165, 1.54) is 12.5 Å². The van der Waals surface area contributed by atoms with Crippen molar-refractivity contribution in [2.24, 2.45) is 5.92 Å². The van der Waals surface area contributed by atoms with Crippen LogP contribution in [0.25, 0.3) is 0 Å². The van der Waals surface area contributed by atoms with E-state index < -0.39 is 12.1 Å². The second-order valence-corrected chi connectivity index (χ2v) is 5.00. The molecule has 0 fully saturated rings. The van der Waals surface area contributed by atoms with Crippen LogP contribution in [0, 0.1) is 5.92 Å². The molecule has 3 atom stereocenters. The Balaban J connectivity index is 4.67. The summed E-state index contributed by atoms with van der Waals surface area (Å²) >= 11 is 0. The Bertz CT molecular complexity index is 301. The van der Waals surface area contributed by atoms with Gasteiger partial charge in [0.1, 0.15) is 5.78 Å². The van der Waals surface area contributed by atoms with Gasteiger partial charge in [-0.05, 0) is 34.9 Å². The summed E-state index contributed by atoms with van der Waals surface area (Å²) < 4.78 is 0. The topological polar surface area (TPSA) is 40.5 Å². The first-order valence-corrected chi connectivity index (χ1v) is 5.94. The second-order valence-electron chi connectivity index (χ2n) is 5.00. The minimum atomic E-state index is -0.677. The van der Waals surface area contributed by atoms with Crippen LogP contribution in [0.1, 0.15) is 27.7 Å². The third-order valence-electron chi connectivity index (χ3n) is 2.68. The molecule has 3 nitrogen and oxygen atoms in total. The zero-order valence-electron chi connectivity index (χ0n) is 11.8. The Morgan fingerprint density at radius 2 is 1.76 bits per heavy atom. The number of carbonyl (C=O) groups is 1. The lowest BCUT2D eigenvalue weighted by molar-refractivity contribution is -0.125.